The first-order chi connectivity index (χ1) is 15.0. The summed E-state index contributed by atoms with van der Waals surface area (Å²) in [5, 5.41) is 14.2. The lowest BCUT2D eigenvalue weighted by atomic mass is 10.1. The van der Waals surface area contributed by atoms with E-state index < -0.39 is 17.5 Å². The third kappa shape index (κ3) is 3.81. The lowest BCUT2D eigenvalue weighted by Gasteiger charge is -2.07. The molecule has 0 unspecified atom stereocenters. The monoisotopic (exact) mass is 420 g/mol. The SMILES string of the molecule is Cn1cc(C(=O)Nc2cccc(-c3n[nH]c(C4CC4)n3)c2)c(-c2ccc(F)cc2F)n1. The largest absolute Gasteiger partial charge is 0.322 e. The smallest absolute Gasteiger partial charge is 0.259 e. The second-order valence-corrected chi connectivity index (χ2v) is 7.54. The van der Waals surface area contributed by atoms with E-state index in [-0.39, 0.29) is 16.8 Å². The number of nitrogens with one attached hydrogen (secondary N) is 2. The highest BCUT2D eigenvalue weighted by Gasteiger charge is 2.27. The summed E-state index contributed by atoms with van der Waals surface area (Å²) in [7, 11) is 1.63. The fourth-order valence-electron chi connectivity index (χ4n) is 3.41. The minimum atomic E-state index is -0.786. The van der Waals surface area contributed by atoms with Crippen molar-refractivity contribution in [2.75, 3.05) is 5.32 Å². The molecular formula is C22H18F2N6O. The van der Waals surface area contributed by atoms with Gasteiger partial charge in [-0.05, 0) is 37.1 Å². The van der Waals surface area contributed by atoms with Crippen LogP contribution >= 0.6 is 0 Å². The minimum Gasteiger partial charge on any atom is -0.322 e. The molecule has 1 aliphatic rings. The van der Waals surface area contributed by atoms with E-state index in [4.69, 9.17) is 0 Å². The van der Waals surface area contributed by atoms with Gasteiger partial charge in [0, 0.05) is 42.0 Å². The van der Waals surface area contributed by atoms with E-state index in [9.17, 15) is 13.6 Å². The van der Waals surface area contributed by atoms with Gasteiger partial charge in [0.05, 0.1) is 5.56 Å². The van der Waals surface area contributed by atoms with Gasteiger partial charge in [0.25, 0.3) is 5.91 Å². The number of H-pyrrole nitrogens is 1. The Labute approximate surface area is 176 Å². The van der Waals surface area contributed by atoms with Crippen LogP contribution in [0.1, 0.15) is 34.9 Å². The van der Waals surface area contributed by atoms with Crippen LogP contribution in [0.15, 0.2) is 48.7 Å². The zero-order chi connectivity index (χ0) is 21.5. The number of carbonyl (C=O) groups excluding carboxylic acids is 1. The number of aromatic nitrogens is 5. The van der Waals surface area contributed by atoms with Gasteiger partial charge in [-0.15, -0.1) is 0 Å². The Morgan fingerprint density at radius 3 is 2.81 bits per heavy atom. The van der Waals surface area contributed by atoms with Gasteiger partial charge in [0.2, 0.25) is 0 Å². The van der Waals surface area contributed by atoms with Crippen LogP contribution < -0.4 is 5.32 Å². The molecule has 5 rings (SSSR count). The second-order valence-electron chi connectivity index (χ2n) is 7.54. The minimum absolute atomic E-state index is 0.0502. The van der Waals surface area contributed by atoms with Crippen LogP contribution in [0.25, 0.3) is 22.6 Å². The third-order valence-corrected chi connectivity index (χ3v) is 5.11. The highest BCUT2D eigenvalue weighted by molar-refractivity contribution is 6.08. The van der Waals surface area contributed by atoms with Crippen LogP contribution in [0.4, 0.5) is 14.5 Å². The molecule has 156 valence electrons. The Bertz CT molecular complexity index is 1290. The quantitative estimate of drug-likeness (QED) is 0.504. The van der Waals surface area contributed by atoms with E-state index in [1.807, 2.05) is 6.07 Å². The molecule has 0 radical (unpaired) electrons. The summed E-state index contributed by atoms with van der Waals surface area (Å²) in [5.74, 6) is -0.0422. The standard InChI is InChI=1S/C22H18F2N6O/c1-30-11-17(19(29-30)16-8-7-14(23)10-18(16)24)22(31)25-15-4-2-3-13(9-15)21-26-20(27-28-21)12-5-6-12/h2-4,7-12H,5-6H2,1H3,(H,25,31)(H,26,27,28). The van der Waals surface area contributed by atoms with Crippen LogP contribution in [0.2, 0.25) is 0 Å². The molecule has 9 heteroatoms. The van der Waals surface area contributed by atoms with Gasteiger partial charge in [-0.1, -0.05) is 12.1 Å². The van der Waals surface area contributed by atoms with Crippen LogP contribution in [0, 0.1) is 11.6 Å². The fourth-order valence-corrected chi connectivity index (χ4v) is 3.41. The van der Waals surface area contributed by atoms with Gasteiger partial charge >= 0.3 is 0 Å². The molecule has 1 fully saturated rings. The lowest BCUT2D eigenvalue weighted by Crippen LogP contribution is -2.12. The van der Waals surface area contributed by atoms with Crippen molar-refractivity contribution in [2.24, 2.45) is 7.05 Å². The van der Waals surface area contributed by atoms with Crippen molar-refractivity contribution in [2.45, 2.75) is 18.8 Å². The van der Waals surface area contributed by atoms with Crippen LogP contribution in [0.3, 0.4) is 0 Å². The maximum atomic E-state index is 14.3. The van der Waals surface area contributed by atoms with Gasteiger partial charge in [-0.25, -0.2) is 13.8 Å². The molecule has 0 saturated heterocycles. The summed E-state index contributed by atoms with van der Waals surface area (Å²) < 4.78 is 29.0. The number of amides is 1. The molecule has 0 bridgehead atoms. The van der Waals surface area contributed by atoms with Crippen molar-refractivity contribution in [1.82, 2.24) is 25.0 Å². The number of hydrogen-bond acceptors (Lipinski definition) is 4. The Morgan fingerprint density at radius 1 is 1.19 bits per heavy atom. The Morgan fingerprint density at radius 2 is 2.03 bits per heavy atom. The number of carbonyl (C=O) groups is 1. The highest BCUT2D eigenvalue weighted by Crippen LogP contribution is 2.38. The number of aromatic amines is 1. The topological polar surface area (TPSA) is 88.5 Å². The van der Waals surface area contributed by atoms with E-state index in [0.29, 0.717) is 17.4 Å². The third-order valence-electron chi connectivity index (χ3n) is 5.11. The first-order valence-corrected chi connectivity index (χ1v) is 9.81. The molecule has 2 aromatic carbocycles. The first-order valence-electron chi connectivity index (χ1n) is 9.81. The van der Waals surface area contributed by atoms with Gasteiger partial charge in [0.1, 0.15) is 23.2 Å². The van der Waals surface area contributed by atoms with E-state index in [2.05, 4.69) is 25.6 Å². The Kier molecular flexibility index (Phi) is 4.58. The molecule has 7 nitrogen and oxygen atoms in total. The van der Waals surface area contributed by atoms with E-state index in [0.717, 1.165) is 36.4 Å². The van der Waals surface area contributed by atoms with E-state index in [1.54, 1.807) is 25.2 Å². The molecule has 1 saturated carbocycles. The molecule has 1 amide bonds. The van der Waals surface area contributed by atoms with Gasteiger partial charge in [0.15, 0.2) is 5.82 Å². The average Bonchev–Trinajstić information content (AvgIpc) is 3.34. The van der Waals surface area contributed by atoms with Crippen molar-refractivity contribution in [1.29, 1.82) is 0 Å². The number of rotatable bonds is 5. The van der Waals surface area contributed by atoms with Crippen molar-refractivity contribution in [3.05, 3.63) is 71.7 Å². The lowest BCUT2D eigenvalue weighted by molar-refractivity contribution is 0.102. The summed E-state index contributed by atoms with van der Waals surface area (Å²) >= 11 is 0. The summed E-state index contributed by atoms with van der Waals surface area (Å²) in [6.45, 7) is 0. The number of benzene rings is 2. The number of anilines is 1. The van der Waals surface area contributed by atoms with E-state index in [1.165, 1.54) is 16.9 Å². The predicted molar refractivity (Wildman–Crippen MR) is 110 cm³/mol. The first kappa shape index (κ1) is 19.1. The predicted octanol–water partition coefficient (Wildman–Crippen LogP) is 4.28. The van der Waals surface area contributed by atoms with Crippen LogP contribution in [-0.4, -0.2) is 30.9 Å². The van der Waals surface area contributed by atoms with Crippen molar-refractivity contribution < 1.29 is 13.6 Å². The normalized spacial score (nSPS) is 13.4. The maximum absolute atomic E-state index is 14.3. The van der Waals surface area contributed by atoms with Gasteiger partial charge < -0.3 is 5.32 Å². The highest BCUT2D eigenvalue weighted by atomic mass is 19.1. The molecule has 2 heterocycles. The molecule has 4 aromatic rings. The van der Waals surface area contributed by atoms with E-state index >= 15 is 0 Å². The van der Waals surface area contributed by atoms with Gasteiger partial charge in [-0.3, -0.25) is 14.6 Å². The second kappa shape index (κ2) is 7.42. The number of hydrogen-bond donors (Lipinski definition) is 2. The Balaban J connectivity index is 1.42. The molecule has 0 atom stereocenters. The summed E-state index contributed by atoms with van der Waals surface area (Å²) in [4.78, 5) is 17.5. The summed E-state index contributed by atoms with van der Waals surface area (Å²) in [5.41, 5.74) is 1.66. The zero-order valence-corrected chi connectivity index (χ0v) is 16.6. The molecule has 31 heavy (non-hydrogen) atoms. The average molecular weight is 420 g/mol. The molecule has 2 aromatic heterocycles. The summed E-state index contributed by atoms with van der Waals surface area (Å²) in [6, 6.07) is 10.3. The van der Waals surface area contributed by atoms with Crippen molar-refractivity contribution in [3.8, 4) is 22.6 Å². The summed E-state index contributed by atoms with van der Waals surface area (Å²) in [6.07, 6.45) is 3.73. The maximum Gasteiger partial charge on any atom is 0.259 e. The fraction of sp³-hybridized carbons (Fsp3) is 0.182. The zero-order valence-electron chi connectivity index (χ0n) is 16.6. The van der Waals surface area contributed by atoms with Crippen molar-refractivity contribution >= 4 is 11.6 Å². The van der Waals surface area contributed by atoms with Crippen molar-refractivity contribution in [3.63, 3.8) is 0 Å². The molecular weight excluding hydrogens is 402 g/mol. The van der Waals surface area contributed by atoms with Gasteiger partial charge in [-0.2, -0.15) is 10.2 Å². The van der Waals surface area contributed by atoms with Crippen LogP contribution in [0.5, 0.6) is 0 Å². The number of halogens is 2. The molecule has 0 spiro atoms. The molecule has 1 aliphatic carbocycles. The molecule has 0 aliphatic heterocycles. The Hall–Kier alpha value is -3.88. The van der Waals surface area contributed by atoms with Crippen LogP contribution in [-0.2, 0) is 7.05 Å². The molecule has 2 N–H and O–H groups in total. The number of nitrogens with zero attached hydrogens (tertiary/aromatic N) is 4. The number of aryl methyl sites for hydroxylation is 1.